The van der Waals surface area contributed by atoms with Crippen molar-refractivity contribution < 1.29 is 8.42 Å². The molecule has 2 aliphatic rings. The highest BCUT2D eigenvalue weighted by atomic mass is 127. The van der Waals surface area contributed by atoms with Crippen LogP contribution in [0.4, 0.5) is 0 Å². The van der Waals surface area contributed by atoms with E-state index in [-0.39, 0.29) is 9.30 Å². The Morgan fingerprint density at radius 1 is 1.39 bits per heavy atom. The summed E-state index contributed by atoms with van der Waals surface area (Å²) in [6.45, 7) is 5.25. The van der Waals surface area contributed by atoms with Gasteiger partial charge in [0, 0.05) is 25.7 Å². The van der Waals surface area contributed by atoms with Crippen LogP contribution < -0.4 is 5.14 Å². The van der Waals surface area contributed by atoms with E-state index in [1.807, 2.05) is 0 Å². The molecule has 0 aromatic heterocycles. The SMILES string of the molecule is CC(I)N1CC(N2CCC(S(N)(=O)=O)CC2I)C1. The van der Waals surface area contributed by atoms with E-state index in [4.69, 9.17) is 5.14 Å². The van der Waals surface area contributed by atoms with E-state index in [9.17, 15) is 8.42 Å². The van der Waals surface area contributed by atoms with Gasteiger partial charge in [0.05, 0.1) is 13.3 Å². The second-order valence-corrected chi connectivity index (χ2v) is 10.2. The molecule has 0 aliphatic carbocycles. The zero-order valence-electron chi connectivity index (χ0n) is 10.3. The lowest BCUT2D eigenvalue weighted by Crippen LogP contribution is -2.63. The lowest BCUT2D eigenvalue weighted by atomic mass is 10.0. The van der Waals surface area contributed by atoms with E-state index >= 15 is 0 Å². The van der Waals surface area contributed by atoms with Crippen LogP contribution in [0.3, 0.4) is 0 Å². The molecule has 0 amide bonds. The molecule has 2 fully saturated rings. The maximum atomic E-state index is 11.4. The van der Waals surface area contributed by atoms with Crippen LogP contribution in [0.1, 0.15) is 19.8 Å². The number of sulfonamides is 1. The molecule has 2 heterocycles. The molecule has 18 heavy (non-hydrogen) atoms. The van der Waals surface area contributed by atoms with Gasteiger partial charge in [-0.1, -0.05) is 45.2 Å². The number of halogens is 2. The fourth-order valence-corrected chi connectivity index (χ4v) is 5.63. The minimum absolute atomic E-state index is 0.288. The molecule has 8 heteroatoms. The Hall–Kier alpha value is 1.29. The number of piperidine rings is 1. The highest BCUT2D eigenvalue weighted by molar-refractivity contribution is 14.1. The van der Waals surface area contributed by atoms with Gasteiger partial charge in [-0.2, -0.15) is 0 Å². The van der Waals surface area contributed by atoms with Crippen molar-refractivity contribution in [3.05, 3.63) is 0 Å². The summed E-state index contributed by atoms with van der Waals surface area (Å²) in [6, 6.07) is 0.588. The summed E-state index contributed by atoms with van der Waals surface area (Å²) in [5.74, 6) is 0. The van der Waals surface area contributed by atoms with Crippen molar-refractivity contribution >= 4 is 55.2 Å². The molecule has 0 aromatic carbocycles. The number of primary sulfonamides is 1. The Kier molecular flexibility index (Phi) is 5.19. The van der Waals surface area contributed by atoms with Gasteiger partial charge in [0.2, 0.25) is 10.0 Å². The van der Waals surface area contributed by atoms with Crippen molar-refractivity contribution in [1.29, 1.82) is 0 Å². The predicted octanol–water partition coefficient (Wildman–Crippen LogP) is 0.966. The van der Waals surface area contributed by atoms with Crippen molar-refractivity contribution in [3.63, 3.8) is 0 Å². The van der Waals surface area contributed by atoms with Crippen molar-refractivity contribution in [2.24, 2.45) is 5.14 Å². The van der Waals surface area contributed by atoms with Gasteiger partial charge in [0.25, 0.3) is 0 Å². The Morgan fingerprint density at radius 2 is 2.00 bits per heavy atom. The molecule has 106 valence electrons. The quantitative estimate of drug-likeness (QED) is 0.357. The summed E-state index contributed by atoms with van der Waals surface area (Å²) in [5, 5.41) is 4.89. The van der Waals surface area contributed by atoms with Crippen LogP contribution in [0.5, 0.6) is 0 Å². The molecule has 5 nitrogen and oxygen atoms in total. The molecule has 3 atom stereocenters. The second-order valence-electron chi connectivity index (χ2n) is 5.09. The van der Waals surface area contributed by atoms with E-state index in [1.54, 1.807) is 0 Å². The van der Waals surface area contributed by atoms with E-state index < -0.39 is 10.0 Å². The maximum absolute atomic E-state index is 11.4. The summed E-state index contributed by atoms with van der Waals surface area (Å²) < 4.78 is 23.6. The average Bonchev–Trinajstić information content (AvgIpc) is 2.15. The lowest BCUT2D eigenvalue weighted by molar-refractivity contribution is 0.0189. The monoisotopic (exact) mass is 499 g/mol. The smallest absolute Gasteiger partial charge is 0.212 e. The number of hydrogen-bond acceptors (Lipinski definition) is 4. The minimum atomic E-state index is -3.36. The van der Waals surface area contributed by atoms with Gasteiger partial charge < -0.3 is 0 Å². The summed E-state index contributed by atoms with van der Waals surface area (Å²) in [5.41, 5.74) is 0. The van der Waals surface area contributed by atoms with E-state index in [2.05, 4.69) is 61.9 Å². The van der Waals surface area contributed by atoms with Crippen molar-refractivity contribution in [2.45, 2.75) is 39.2 Å². The number of rotatable bonds is 3. The highest BCUT2D eigenvalue weighted by Gasteiger charge is 2.40. The predicted molar refractivity (Wildman–Crippen MR) is 89.5 cm³/mol. The molecule has 3 unspecified atom stereocenters. The van der Waals surface area contributed by atoms with E-state index in [0.29, 0.717) is 22.9 Å². The van der Waals surface area contributed by atoms with Gasteiger partial charge in [0.15, 0.2) is 0 Å². The van der Waals surface area contributed by atoms with Crippen molar-refractivity contribution in [1.82, 2.24) is 9.80 Å². The molecule has 0 bridgehead atoms. The zero-order chi connectivity index (χ0) is 13.5. The molecule has 2 rings (SSSR count). The topological polar surface area (TPSA) is 66.6 Å². The third kappa shape index (κ3) is 3.48. The van der Waals surface area contributed by atoms with Crippen LogP contribution in [-0.4, -0.2) is 57.2 Å². The molecule has 2 saturated heterocycles. The van der Waals surface area contributed by atoms with Crippen molar-refractivity contribution in [3.8, 4) is 0 Å². The number of alkyl halides is 2. The van der Waals surface area contributed by atoms with Crippen LogP contribution in [0, 0.1) is 0 Å². The summed E-state index contributed by atoms with van der Waals surface area (Å²) in [7, 11) is -3.36. The van der Waals surface area contributed by atoms with Crippen LogP contribution in [-0.2, 0) is 10.0 Å². The van der Waals surface area contributed by atoms with Gasteiger partial charge in [0.1, 0.15) is 0 Å². The van der Waals surface area contributed by atoms with E-state index in [0.717, 1.165) is 19.6 Å². The van der Waals surface area contributed by atoms with Crippen LogP contribution in [0.25, 0.3) is 0 Å². The second kappa shape index (κ2) is 5.96. The Balaban J connectivity index is 1.88. The number of likely N-dealkylation sites (tertiary alicyclic amines) is 2. The first-order chi connectivity index (χ1) is 8.29. The number of nitrogens with zero attached hydrogens (tertiary/aromatic N) is 2. The Morgan fingerprint density at radius 3 is 2.44 bits per heavy atom. The zero-order valence-corrected chi connectivity index (χ0v) is 15.4. The molecule has 0 radical (unpaired) electrons. The lowest BCUT2D eigenvalue weighted by Gasteiger charge is -2.50. The highest BCUT2D eigenvalue weighted by Crippen LogP contribution is 2.31. The normalized spacial score (nSPS) is 34.2. The van der Waals surface area contributed by atoms with Crippen molar-refractivity contribution in [2.75, 3.05) is 19.6 Å². The molecule has 0 spiro atoms. The largest absolute Gasteiger partial charge is 0.289 e. The fourth-order valence-electron chi connectivity index (χ4n) is 2.60. The van der Waals surface area contributed by atoms with Crippen LogP contribution >= 0.6 is 45.2 Å². The third-order valence-corrected chi connectivity index (χ3v) is 7.22. The standard InChI is InChI=1S/C10H19I2N3O2S/c1-7(11)14-5-8(6-14)15-3-2-9(4-10(15)12)18(13,16)17/h7-10H,2-6H2,1H3,(H2,13,16,17). The van der Waals surface area contributed by atoms with Gasteiger partial charge in [-0.15, -0.1) is 0 Å². The van der Waals surface area contributed by atoms with Gasteiger partial charge in [-0.25, -0.2) is 13.6 Å². The number of hydrogen-bond donors (Lipinski definition) is 1. The molecule has 2 N–H and O–H groups in total. The molecule has 2 aliphatic heterocycles. The minimum Gasteiger partial charge on any atom is -0.289 e. The van der Waals surface area contributed by atoms with Crippen LogP contribution in [0.2, 0.25) is 0 Å². The molecular weight excluding hydrogens is 480 g/mol. The molecule has 0 saturated carbocycles. The maximum Gasteiger partial charge on any atom is 0.212 e. The number of nitrogens with two attached hydrogens (primary N) is 1. The summed E-state index contributed by atoms with van der Waals surface area (Å²) in [4.78, 5) is 4.87. The summed E-state index contributed by atoms with van der Waals surface area (Å²) >= 11 is 4.79. The Labute approximate surface area is 136 Å². The first-order valence-corrected chi connectivity index (χ1v) is 10.2. The first kappa shape index (κ1) is 15.7. The van der Waals surface area contributed by atoms with Gasteiger partial charge in [-0.05, 0) is 19.8 Å². The Bertz CT molecular complexity index is 398. The van der Waals surface area contributed by atoms with Crippen LogP contribution in [0.15, 0.2) is 0 Å². The third-order valence-electron chi connectivity index (χ3n) is 3.85. The molecule has 0 aromatic rings. The first-order valence-electron chi connectivity index (χ1n) is 6.08. The summed E-state index contributed by atoms with van der Waals surface area (Å²) in [6.07, 6.45) is 1.34. The van der Waals surface area contributed by atoms with Gasteiger partial charge in [-0.3, -0.25) is 9.80 Å². The molecular formula is C10H19I2N3O2S. The van der Waals surface area contributed by atoms with Gasteiger partial charge >= 0.3 is 0 Å². The average molecular weight is 499 g/mol. The van der Waals surface area contributed by atoms with E-state index in [1.165, 1.54) is 0 Å². The fraction of sp³-hybridized carbons (Fsp3) is 1.00.